The minimum absolute atomic E-state index is 0.760. The molecule has 2 heteroatoms. The second-order valence-corrected chi connectivity index (χ2v) is 21.7. The molecule has 62 valence electrons. The number of hydrogen-bond acceptors (Lipinski definition) is 0. The van der Waals surface area contributed by atoms with Gasteiger partial charge in [-0.25, -0.2) is 0 Å². The topological polar surface area (TPSA) is 0 Å². The molecule has 0 radical (unpaired) electrons. The van der Waals surface area contributed by atoms with Crippen molar-refractivity contribution in [2.24, 2.45) is 0 Å². The summed E-state index contributed by atoms with van der Waals surface area (Å²) in [4.78, 5) is 0. The Morgan fingerprint density at radius 3 is 1.10 bits per heavy atom. The van der Waals surface area contributed by atoms with Crippen LogP contribution in [0.1, 0.15) is 13.8 Å². The van der Waals surface area contributed by atoms with E-state index in [0.717, 1.165) is 0 Å². The molecule has 0 spiro atoms. The monoisotopic (exact) mass is 174 g/mol. The van der Waals surface area contributed by atoms with Gasteiger partial charge in [-0.3, -0.25) is 0 Å². The van der Waals surface area contributed by atoms with E-state index in [2.05, 4.69) is 40.0 Å². The normalized spacial score (nSPS) is 13.8. The largest absolute Gasteiger partial charge is 0.0715 e. The summed E-state index contributed by atoms with van der Waals surface area (Å²) in [6.07, 6.45) is 0. The zero-order valence-electron chi connectivity index (χ0n) is 8.41. The molecule has 0 unspecified atom stereocenters. The van der Waals surface area contributed by atoms with E-state index in [4.69, 9.17) is 0 Å². The molecule has 0 fully saturated rings. The molecule has 0 aromatic rings. The predicted molar refractivity (Wildman–Crippen MR) is 55.9 cm³/mol. The minimum Gasteiger partial charge on any atom is -0.0715 e. The third-order valence-electron chi connectivity index (χ3n) is 3.37. The molecule has 0 atom stereocenters. The first-order valence-corrected chi connectivity index (χ1v) is 11.8. The highest BCUT2D eigenvalue weighted by atomic mass is 29.3. The van der Waals surface area contributed by atoms with Crippen LogP contribution in [0, 0.1) is 0 Å². The maximum Gasteiger partial charge on any atom is 0.0435 e. The Morgan fingerprint density at radius 2 is 1.10 bits per heavy atom. The molecule has 0 rings (SSSR count). The average Bonchev–Trinajstić information content (AvgIpc) is 1.84. The molecule has 0 nitrogen and oxygen atoms in total. The Balaban J connectivity index is 4.33. The van der Waals surface area contributed by atoms with Gasteiger partial charge in [0.2, 0.25) is 0 Å². The van der Waals surface area contributed by atoms with E-state index in [9.17, 15) is 0 Å². The van der Waals surface area contributed by atoms with Crippen LogP contribution in [0.4, 0.5) is 0 Å². The summed E-state index contributed by atoms with van der Waals surface area (Å²) in [5.41, 5.74) is 0. The molecule has 0 N–H and O–H groups in total. The third-order valence-corrected chi connectivity index (χ3v) is 23.1. The van der Waals surface area contributed by atoms with Crippen LogP contribution in [-0.2, 0) is 0 Å². The molecule has 0 aromatic carbocycles. The molecule has 0 aliphatic rings. The van der Waals surface area contributed by atoms with Crippen molar-refractivity contribution in [3.8, 4) is 0 Å². The number of rotatable bonds is 3. The van der Waals surface area contributed by atoms with Gasteiger partial charge < -0.3 is 0 Å². The van der Waals surface area contributed by atoms with Crippen molar-refractivity contribution in [2.45, 2.75) is 52.1 Å². The average molecular weight is 174 g/mol. The zero-order chi connectivity index (χ0) is 8.41. The molecule has 10 heavy (non-hydrogen) atoms. The van der Waals surface area contributed by atoms with E-state index in [1.165, 1.54) is 12.1 Å². The van der Waals surface area contributed by atoms with E-state index in [0.29, 0.717) is 0 Å². The van der Waals surface area contributed by atoms with Gasteiger partial charge in [-0.05, 0) is 0 Å². The maximum absolute atomic E-state index is 2.58. The summed E-state index contributed by atoms with van der Waals surface area (Å²) in [5.74, 6) is 0. The van der Waals surface area contributed by atoms with Gasteiger partial charge in [-0.1, -0.05) is 52.1 Å². The quantitative estimate of drug-likeness (QED) is 0.574. The lowest BCUT2D eigenvalue weighted by atomic mass is 10.9. The summed E-state index contributed by atoms with van der Waals surface area (Å²) >= 11 is 0. The van der Waals surface area contributed by atoms with Crippen LogP contribution < -0.4 is 0 Å². The Kier molecular flexibility index (Phi) is 3.36. The maximum atomic E-state index is 2.58. The van der Waals surface area contributed by atoms with Gasteiger partial charge in [-0.2, -0.15) is 0 Å². The summed E-state index contributed by atoms with van der Waals surface area (Å²) in [5, 5.41) is 0. The van der Waals surface area contributed by atoms with Crippen LogP contribution in [0.2, 0.25) is 38.3 Å². The fourth-order valence-electron chi connectivity index (χ4n) is 1.31. The van der Waals surface area contributed by atoms with Crippen LogP contribution in [0.25, 0.3) is 0 Å². The Hall–Kier alpha value is 0.434. The first-order chi connectivity index (χ1) is 4.37. The second kappa shape index (κ2) is 3.22. The summed E-state index contributed by atoms with van der Waals surface area (Å²) in [6.45, 7) is 15.0. The molecular weight excluding hydrogens is 152 g/mol. The second-order valence-electron chi connectivity index (χ2n) is 4.52. The molecule has 0 amide bonds. The standard InChI is InChI=1S/C8H22Si2/c1-7-10(6,8-2)9(3,4)5/h7-8H2,1-6H3. The van der Waals surface area contributed by atoms with Gasteiger partial charge >= 0.3 is 0 Å². The molecule has 0 aliphatic carbocycles. The Morgan fingerprint density at radius 1 is 0.800 bits per heavy atom. The van der Waals surface area contributed by atoms with Crippen molar-refractivity contribution in [3.05, 3.63) is 0 Å². The molecule has 0 bridgehead atoms. The van der Waals surface area contributed by atoms with Gasteiger partial charge in [0, 0.05) is 15.2 Å². The highest BCUT2D eigenvalue weighted by molar-refractivity contribution is 7.40. The van der Waals surface area contributed by atoms with E-state index >= 15 is 0 Å². The van der Waals surface area contributed by atoms with Crippen LogP contribution in [0.15, 0.2) is 0 Å². The molecule has 0 heterocycles. The van der Waals surface area contributed by atoms with Crippen molar-refractivity contribution in [1.29, 1.82) is 0 Å². The molecule has 0 aromatic heterocycles. The van der Waals surface area contributed by atoms with E-state index in [-0.39, 0.29) is 0 Å². The van der Waals surface area contributed by atoms with Gasteiger partial charge in [0.25, 0.3) is 0 Å². The third kappa shape index (κ3) is 1.96. The number of hydrogen-bond donors (Lipinski definition) is 0. The van der Waals surface area contributed by atoms with Crippen LogP contribution in [-0.4, -0.2) is 15.2 Å². The fraction of sp³-hybridized carbons (Fsp3) is 1.00. The van der Waals surface area contributed by atoms with Crippen LogP contribution in [0.5, 0.6) is 0 Å². The van der Waals surface area contributed by atoms with Crippen molar-refractivity contribution < 1.29 is 0 Å². The highest BCUT2D eigenvalue weighted by Gasteiger charge is 2.37. The Labute approximate surface area is 67.8 Å². The van der Waals surface area contributed by atoms with Gasteiger partial charge in [-0.15, -0.1) is 0 Å². The summed E-state index contributed by atoms with van der Waals surface area (Å²) < 4.78 is 0. The molecule has 0 saturated heterocycles. The van der Waals surface area contributed by atoms with Crippen molar-refractivity contribution in [2.75, 3.05) is 0 Å². The minimum atomic E-state index is -0.772. The smallest absolute Gasteiger partial charge is 0.0435 e. The van der Waals surface area contributed by atoms with Gasteiger partial charge in [0.1, 0.15) is 0 Å². The van der Waals surface area contributed by atoms with Gasteiger partial charge in [0.05, 0.1) is 0 Å². The zero-order valence-corrected chi connectivity index (χ0v) is 10.4. The molecular formula is C8H22Si2. The Bertz CT molecular complexity index is 98.3. The SMILES string of the molecule is CC[Si](C)(CC)[Si](C)(C)C. The van der Waals surface area contributed by atoms with E-state index < -0.39 is 15.2 Å². The van der Waals surface area contributed by atoms with Gasteiger partial charge in [0.15, 0.2) is 0 Å². The van der Waals surface area contributed by atoms with Crippen LogP contribution >= 0.6 is 0 Å². The first kappa shape index (κ1) is 10.4. The lowest BCUT2D eigenvalue weighted by Gasteiger charge is -2.37. The lowest BCUT2D eigenvalue weighted by molar-refractivity contribution is 1.28. The van der Waals surface area contributed by atoms with Crippen molar-refractivity contribution >= 4 is 15.2 Å². The fourth-order valence-corrected chi connectivity index (χ4v) is 10.3. The van der Waals surface area contributed by atoms with E-state index in [1.54, 1.807) is 0 Å². The van der Waals surface area contributed by atoms with Crippen molar-refractivity contribution in [1.82, 2.24) is 0 Å². The van der Waals surface area contributed by atoms with Crippen molar-refractivity contribution in [3.63, 3.8) is 0 Å². The predicted octanol–water partition coefficient (Wildman–Crippen LogP) is 3.52. The van der Waals surface area contributed by atoms with Crippen LogP contribution in [0.3, 0.4) is 0 Å². The highest BCUT2D eigenvalue weighted by Crippen LogP contribution is 2.26. The lowest BCUT2D eigenvalue weighted by Crippen LogP contribution is -2.53. The summed E-state index contributed by atoms with van der Waals surface area (Å²) in [7, 11) is -1.53. The summed E-state index contributed by atoms with van der Waals surface area (Å²) in [6, 6.07) is 2.97. The molecule has 0 aliphatic heterocycles. The first-order valence-electron chi connectivity index (χ1n) is 4.37. The molecule has 0 saturated carbocycles. The van der Waals surface area contributed by atoms with E-state index in [1.807, 2.05) is 0 Å².